The van der Waals surface area contributed by atoms with Crippen molar-refractivity contribution in [3.8, 4) is 0 Å². The van der Waals surface area contributed by atoms with Crippen LogP contribution in [-0.4, -0.2) is 17.6 Å². The number of aliphatic hydroxyl groups is 1. The van der Waals surface area contributed by atoms with Gasteiger partial charge in [-0.1, -0.05) is 18.2 Å². The fourth-order valence-electron chi connectivity index (χ4n) is 1.96. The van der Waals surface area contributed by atoms with E-state index in [0.29, 0.717) is 18.7 Å². The minimum atomic E-state index is -0.893. The van der Waals surface area contributed by atoms with Crippen LogP contribution < -0.4 is 11.1 Å². The van der Waals surface area contributed by atoms with Crippen LogP contribution in [0.1, 0.15) is 27.7 Å². The number of benzene rings is 1. The maximum absolute atomic E-state index is 11.1. The largest absolute Gasteiger partial charge is 0.383 e. The summed E-state index contributed by atoms with van der Waals surface area (Å²) in [6.45, 7) is 2.79. The number of hydrogen-bond donors (Lipinski definition) is 3. The molecule has 1 heterocycles. The standard InChI is InChI=1S/C15H18N2O2S/c1-15(19,13-6-3-7-20-13)10-17-9-11-4-2-5-12(8-11)14(16)18/h2-8,17,19H,9-10H2,1H3,(H2,16,18). The second kappa shape index (κ2) is 6.17. The summed E-state index contributed by atoms with van der Waals surface area (Å²) in [6.07, 6.45) is 0. The fraction of sp³-hybridized carbons (Fsp3) is 0.267. The third-order valence-corrected chi connectivity index (χ3v) is 4.18. The number of amides is 1. The lowest BCUT2D eigenvalue weighted by Gasteiger charge is -2.22. The van der Waals surface area contributed by atoms with E-state index < -0.39 is 11.5 Å². The van der Waals surface area contributed by atoms with Gasteiger partial charge in [-0.2, -0.15) is 0 Å². The Hall–Kier alpha value is -1.69. The van der Waals surface area contributed by atoms with Crippen molar-refractivity contribution in [3.63, 3.8) is 0 Å². The normalized spacial score (nSPS) is 13.9. The molecule has 0 aliphatic rings. The molecule has 0 radical (unpaired) electrons. The van der Waals surface area contributed by atoms with Gasteiger partial charge in [0.1, 0.15) is 5.60 Å². The van der Waals surface area contributed by atoms with E-state index in [1.165, 1.54) is 11.3 Å². The van der Waals surface area contributed by atoms with Gasteiger partial charge >= 0.3 is 0 Å². The van der Waals surface area contributed by atoms with Crippen LogP contribution in [0.2, 0.25) is 0 Å². The van der Waals surface area contributed by atoms with Gasteiger partial charge in [-0.05, 0) is 36.1 Å². The molecule has 4 N–H and O–H groups in total. The molecule has 0 saturated heterocycles. The highest BCUT2D eigenvalue weighted by Crippen LogP contribution is 2.24. The minimum absolute atomic E-state index is 0.433. The Balaban J connectivity index is 1.93. The Morgan fingerprint density at radius 2 is 2.20 bits per heavy atom. The van der Waals surface area contributed by atoms with Crippen LogP contribution in [0.5, 0.6) is 0 Å². The lowest BCUT2D eigenvalue weighted by Crippen LogP contribution is -2.34. The average Bonchev–Trinajstić information content (AvgIpc) is 2.93. The molecule has 1 aromatic heterocycles. The first kappa shape index (κ1) is 14.7. The highest BCUT2D eigenvalue weighted by molar-refractivity contribution is 7.10. The molecule has 4 nitrogen and oxygen atoms in total. The van der Waals surface area contributed by atoms with Gasteiger partial charge in [0, 0.05) is 23.5 Å². The summed E-state index contributed by atoms with van der Waals surface area (Å²) in [6, 6.07) is 11.0. The predicted molar refractivity (Wildman–Crippen MR) is 80.6 cm³/mol. The summed E-state index contributed by atoms with van der Waals surface area (Å²) in [5.74, 6) is -0.433. The molecule has 1 unspecified atom stereocenters. The van der Waals surface area contributed by atoms with Gasteiger partial charge in [0.25, 0.3) is 0 Å². The molecule has 0 saturated carbocycles. The van der Waals surface area contributed by atoms with Gasteiger partial charge in [0.2, 0.25) is 5.91 Å². The lowest BCUT2D eigenvalue weighted by molar-refractivity contribution is 0.0604. The van der Waals surface area contributed by atoms with E-state index in [-0.39, 0.29) is 0 Å². The van der Waals surface area contributed by atoms with Gasteiger partial charge in [0.15, 0.2) is 0 Å². The minimum Gasteiger partial charge on any atom is -0.383 e. The van der Waals surface area contributed by atoms with Crippen molar-refractivity contribution >= 4 is 17.2 Å². The first-order valence-electron chi connectivity index (χ1n) is 6.35. The molecule has 2 rings (SSSR count). The Morgan fingerprint density at radius 3 is 2.85 bits per heavy atom. The van der Waals surface area contributed by atoms with Gasteiger partial charge in [-0.15, -0.1) is 11.3 Å². The number of primary amides is 1. The Kier molecular flexibility index (Phi) is 4.54. The number of rotatable bonds is 6. The molecule has 0 aliphatic heterocycles. The van der Waals surface area contributed by atoms with E-state index in [9.17, 15) is 9.90 Å². The summed E-state index contributed by atoms with van der Waals surface area (Å²) in [7, 11) is 0. The number of hydrogen-bond acceptors (Lipinski definition) is 4. The molecule has 2 aromatic rings. The van der Waals surface area contributed by atoms with Crippen molar-refractivity contribution in [1.29, 1.82) is 0 Å². The Labute approximate surface area is 122 Å². The quantitative estimate of drug-likeness (QED) is 0.760. The van der Waals surface area contributed by atoms with E-state index in [2.05, 4.69) is 5.32 Å². The first-order chi connectivity index (χ1) is 9.49. The van der Waals surface area contributed by atoms with Crippen molar-refractivity contribution in [2.75, 3.05) is 6.54 Å². The van der Waals surface area contributed by atoms with E-state index in [1.807, 2.05) is 23.6 Å². The highest BCUT2D eigenvalue weighted by atomic mass is 32.1. The zero-order chi connectivity index (χ0) is 14.6. The van der Waals surface area contributed by atoms with E-state index in [1.54, 1.807) is 25.1 Å². The van der Waals surface area contributed by atoms with E-state index >= 15 is 0 Å². The molecule has 1 atom stereocenters. The van der Waals surface area contributed by atoms with Gasteiger partial charge in [-0.25, -0.2) is 0 Å². The molecule has 20 heavy (non-hydrogen) atoms. The van der Waals surface area contributed by atoms with Crippen LogP contribution in [0, 0.1) is 0 Å². The van der Waals surface area contributed by atoms with Crippen molar-refractivity contribution in [3.05, 3.63) is 57.8 Å². The number of carbonyl (C=O) groups excluding carboxylic acids is 1. The third kappa shape index (κ3) is 3.66. The van der Waals surface area contributed by atoms with Crippen LogP contribution in [0.4, 0.5) is 0 Å². The SMILES string of the molecule is CC(O)(CNCc1cccc(C(N)=O)c1)c1cccs1. The average molecular weight is 290 g/mol. The highest BCUT2D eigenvalue weighted by Gasteiger charge is 2.23. The lowest BCUT2D eigenvalue weighted by atomic mass is 10.0. The van der Waals surface area contributed by atoms with Crippen LogP contribution in [0.25, 0.3) is 0 Å². The number of nitrogens with one attached hydrogen (secondary N) is 1. The summed E-state index contributed by atoms with van der Waals surface area (Å²) in [5, 5.41) is 15.5. The van der Waals surface area contributed by atoms with Gasteiger partial charge < -0.3 is 16.2 Å². The Bertz CT molecular complexity index is 579. The molecule has 0 aliphatic carbocycles. The number of thiophene rings is 1. The topological polar surface area (TPSA) is 75.3 Å². The summed E-state index contributed by atoms with van der Waals surface area (Å²) in [5.41, 5.74) is 5.81. The summed E-state index contributed by atoms with van der Waals surface area (Å²) < 4.78 is 0. The second-order valence-electron chi connectivity index (χ2n) is 4.92. The Morgan fingerprint density at radius 1 is 1.40 bits per heavy atom. The van der Waals surface area contributed by atoms with Crippen molar-refractivity contribution in [1.82, 2.24) is 5.32 Å². The molecule has 0 spiro atoms. The monoisotopic (exact) mass is 290 g/mol. The molecule has 0 bridgehead atoms. The summed E-state index contributed by atoms with van der Waals surface area (Å²) >= 11 is 1.53. The molecule has 106 valence electrons. The van der Waals surface area contributed by atoms with Gasteiger partial charge in [-0.3, -0.25) is 4.79 Å². The van der Waals surface area contributed by atoms with Crippen LogP contribution in [-0.2, 0) is 12.1 Å². The maximum atomic E-state index is 11.1. The van der Waals surface area contributed by atoms with Crippen molar-refractivity contribution in [2.24, 2.45) is 5.73 Å². The fourth-order valence-corrected chi connectivity index (χ4v) is 2.74. The van der Waals surface area contributed by atoms with Crippen LogP contribution in [0.15, 0.2) is 41.8 Å². The smallest absolute Gasteiger partial charge is 0.248 e. The van der Waals surface area contributed by atoms with Gasteiger partial charge in [0.05, 0.1) is 0 Å². The first-order valence-corrected chi connectivity index (χ1v) is 7.23. The molecular weight excluding hydrogens is 272 g/mol. The summed E-state index contributed by atoms with van der Waals surface area (Å²) in [4.78, 5) is 12.0. The number of carbonyl (C=O) groups is 1. The molecule has 5 heteroatoms. The van der Waals surface area contributed by atoms with E-state index in [0.717, 1.165) is 10.4 Å². The van der Waals surface area contributed by atoms with Crippen molar-refractivity contribution < 1.29 is 9.90 Å². The van der Waals surface area contributed by atoms with Crippen LogP contribution >= 0.6 is 11.3 Å². The maximum Gasteiger partial charge on any atom is 0.248 e. The second-order valence-corrected chi connectivity index (χ2v) is 5.87. The van der Waals surface area contributed by atoms with Crippen molar-refractivity contribution in [2.45, 2.75) is 19.1 Å². The molecule has 1 amide bonds. The third-order valence-electron chi connectivity index (χ3n) is 3.06. The number of nitrogens with two attached hydrogens (primary N) is 1. The van der Waals surface area contributed by atoms with E-state index in [4.69, 9.17) is 5.73 Å². The zero-order valence-electron chi connectivity index (χ0n) is 11.3. The van der Waals surface area contributed by atoms with Crippen LogP contribution in [0.3, 0.4) is 0 Å². The zero-order valence-corrected chi connectivity index (χ0v) is 12.1. The predicted octanol–water partition coefficient (Wildman–Crippen LogP) is 1.84. The molecular formula is C15H18N2O2S. The molecule has 0 fully saturated rings. The molecule has 1 aromatic carbocycles.